The van der Waals surface area contributed by atoms with Gasteiger partial charge in [-0.15, -0.1) is 0 Å². The molecule has 5 atom stereocenters. The average molecular weight is 691 g/mol. The zero-order valence-electron chi connectivity index (χ0n) is 27.5. The fourth-order valence-corrected chi connectivity index (χ4v) is 6.25. The van der Waals surface area contributed by atoms with Gasteiger partial charge in [-0.05, 0) is 59.6 Å². The number of halogens is 5. The van der Waals surface area contributed by atoms with Gasteiger partial charge in [0.2, 0.25) is 5.82 Å². The normalized spacial score (nSPS) is 19.9. The summed E-state index contributed by atoms with van der Waals surface area (Å²) in [7, 11) is 2.01. The molecule has 0 spiro atoms. The molecule has 1 aliphatic heterocycles. The molecule has 1 saturated heterocycles. The number of rotatable bonds is 9. The lowest BCUT2D eigenvalue weighted by Gasteiger charge is -2.43. The van der Waals surface area contributed by atoms with Crippen LogP contribution >= 0.6 is 0 Å². The summed E-state index contributed by atoms with van der Waals surface area (Å²) in [4.78, 5) is 15.0. The lowest BCUT2D eigenvalue weighted by atomic mass is 9.89. The molecule has 1 aliphatic rings. The Balaban J connectivity index is 1.27. The van der Waals surface area contributed by atoms with Gasteiger partial charge in [-0.2, -0.15) is 0 Å². The van der Waals surface area contributed by atoms with Crippen molar-refractivity contribution in [3.63, 3.8) is 0 Å². The number of aliphatic hydroxyl groups excluding tert-OH is 1. The minimum absolute atomic E-state index is 0.0182. The smallest absolute Gasteiger partial charge is 0.261 e. The first-order valence-corrected chi connectivity index (χ1v) is 16.1. The zero-order valence-corrected chi connectivity index (χ0v) is 27.5. The van der Waals surface area contributed by atoms with Crippen molar-refractivity contribution in [1.82, 2.24) is 4.90 Å². The molecular formula is C39H35F5N2O4. The van der Waals surface area contributed by atoms with Crippen LogP contribution < -0.4 is 5.32 Å². The highest BCUT2D eigenvalue weighted by Crippen LogP contribution is 2.42. The summed E-state index contributed by atoms with van der Waals surface area (Å²) in [5.74, 6) is -12.9. The first-order valence-electron chi connectivity index (χ1n) is 16.1. The molecule has 6 rings (SSSR count). The summed E-state index contributed by atoms with van der Waals surface area (Å²) in [6, 6.07) is 28.0. The molecule has 0 saturated carbocycles. The van der Waals surface area contributed by atoms with Gasteiger partial charge in [0.05, 0.1) is 18.8 Å². The number of nitrogens with one attached hydrogen (secondary N) is 1. The van der Waals surface area contributed by atoms with E-state index < -0.39 is 53.0 Å². The number of ether oxygens (including phenoxy) is 2. The van der Waals surface area contributed by atoms with Crippen LogP contribution in [-0.2, 0) is 16.1 Å². The van der Waals surface area contributed by atoms with E-state index in [9.17, 15) is 31.9 Å². The number of carbonyl (C=O) groups is 1. The quantitative estimate of drug-likeness (QED) is 0.0920. The third-order valence-corrected chi connectivity index (χ3v) is 9.36. The maximum absolute atomic E-state index is 14.4. The molecule has 5 aromatic rings. The van der Waals surface area contributed by atoms with Gasteiger partial charge in [0.1, 0.15) is 5.56 Å². The van der Waals surface area contributed by atoms with Crippen LogP contribution in [0.1, 0.15) is 64.9 Å². The van der Waals surface area contributed by atoms with E-state index in [-0.39, 0.29) is 30.4 Å². The number of aliphatic hydroxyl groups is 1. The summed E-state index contributed by atoms with van der Waals surface area (Å²) in [6.45, 7) is 4.54. The minimum atomic E-state index is -2.35. The number of nitrogens with zero attached hydrogens (tertiary/aromatic N) is 1. The van der Waals surface area contributed by atoms with E-state index in [1.807, 2.05) is 50.4 Å². The van der Waals surface area contributed by atoms with Crippen molar-refractivity contribution in [2.45, 2.75) is 45.0 Å². The Labute approximate surface area is 286 Å². The monoisotopic (exact) mass is 690 g/mol. The second-order valence-corrected chi connectivity index (χ2v) is 12.6. The molecule has 2 N–H and O–H groups in total. The summed E-state index contributed by atoms with van der Waals surface area (Å²) >= 11 is 0. The number of benzene rings is 5. The van der Waals surface area contributed by atoms with E-state index >= 15 is 0 Å². The van der Waals surface area contributed by atoms with Gasteiger partial charge in [-0.1, -0.05) is 79.7 Å². The molecule has 5 aromatic carbocycles. The number of anilines is 1. The van der Waals surface area contributed by atoms with Crippen LogP contribution in [0.25, 0.3) is 10.8 Å². The molecule has 260 valence electrons. The Morgan fingerprint density at radius 1 is 0.800 bits per heavy atom. The highest BCUT2D eigenvalue weighted by Gasteiger charge is 2.39. The first-order chi connectivity index (χ1) is 24.0. The summed E-state index contributed by atoms with van der Waals surface area (Å²) in [5, 5.41) is 14.1. The lowest BCUT2D eigenvalue weighted by Crippen LogP contribution is -2.44. The fraction of sp³-hybridized carbons (Fsp3) is 0.256. The van der Waals surface area contributed by atoms with Crippen molar-refractivity contribution in [3.8, 4) is 0 Å². The fourth-order valence-electron chi connectivity index (χ4n) is 6.25. The second kappa shape index (κ2) is 14.7. The van der Waals surface area contributed by atoms with Crippen molar-refractivity contribution in [3.05, 3.63) is 148 Å². The standard InChI is InChI=1S/C39H35F5N2O4/c1-21-30(19-46(3)22(2)26-16-15-24-7-4-5-8-27(24)17-26)49-39(50-37(21)25-13-11-23(20-47)12-14-25)28-9-6-10-29(18-28)45-38(48)31-32(40)34(42)36(44)35(43)33(31)41/h4-18,21-22,30,37,39,47H,19-20H2,1-3H3,(H,45,48). The van der Waals surface area contributed by atoms with Crippen molar-refractivity contribution < 1.29 is 41.3 Å². The van der Waals surface area contributed by atoms with Gasteiger partial charge in [-0.3, -0.25) is 9.69 Å². The van der Waals surface area contributed by atoms with Crippen molar-refractivity contribution in [1.29, 1.82) is 0 Å². The molecule has 5 unspecified atom stereocenters. The highest BCUT2D eigenvalue weighted by atomic mass is 19.2. The first kappa shape index (κ1) is 35.2. The third-order valence-electron chi connectivity index (χ3n) is 9.36. The van der Waals surface area contributed by atoms with Crippen LogP contribution in [0.2, 0.25) is 0 Å². The second-order valence-electron chi connectivity index (χ2n) is 12.6. The van der Waals surface area contributed by atoms with E-state index in [2.05, 4.69) is 47.5 Å². The molecule has 1 fully saturated rings. The average Bonchev–Trinajstić information content (AvgIpc) is 3.13. The lowest BCUT2D eigenvalue weighted by molar-refractivity contribution is -0.276. The SMILES string of the molecule is CC1C(CN(C)C(C)c2ccc3ccccc3c2)OC(c2cccc(NC(=O)c3c(F)c(F)c(F)c(F)c3F)c2)OC1c1ccc(CO)cc1. The van der Waals surface area contributed by atoms with Crippen LogP contribution in [0, 0.1) is 35.0 Å². The summed E-state index contributed by atoms with van der Waals surface area (Å²) in [6.07, 6.45) is -1.78. The molecule has 0 radical (unpaired) electrons. The highest BCUT2D eigenvalue weighted by molar-refractivity contribution is 6.04. The van der Waals surface area contributed by atoms with Gasteiger partial charge in [-0.25, -0.2) is 22.0 Å². The van der Waals surface area contributed by atoms with Gasteiger partial charge in [0, 0.05) is 29.8 Å². The van der Waals surface area contributed by atoms with Crippen molar-refractivity contribution in [2.24, 2.45) is 5.92 Å². The van der Waals surface area contributed by atoms with Crippen LogP contribution in [0.3, 0.4) is 0 Å². The Hall–Kier alpha value is -4.68. The summed E-state index contributed by atoms with van der Waals surface area (Å²) in [5.41, 5.74) is 1.59. The molecule has 0 aliphatic carbocycles. The zero-order chi connectivity index (χ0) is 35.7. The van der Waals surface area contributed by atoms with Crippen LogP contribution in [-0.4, -0.2) is 35.6 Å². The predicted octanol–water partition coefficient (Wildman–Crippen LogP) is 8.76. The van der Waals surface area contributed by atoms with Crippen molar-refractivity contribution >= 4 is 22.4 Å². The molecule has 1 amide bonds. The van der Waals surface area contributed by atoms with Crippen LogP contribution in [0.15, 0.2) is 91.0 Å². The molecule has 11 heteroatoms. The maximum atomic E-state index is 14.4. The summed E-state index contributed by atoms with van der Waals surface area (Å²) < 4.78 is 82.9. The van der Waals surface area contributed by atoms with E-state index in [1.165, 1.54) is 12.1 Å². The predicted molar refractivity (Wildman–Crippen MR) is 179 cm³/mol. The van der Waals surface area contributed by atoms with Crippen molar-refractivity contribution in [2.75, 3.05) is 18.9 Å². The number of fused-ring (bicyclic) bond motifs is 1. The van der Waals surface area contributed by atoms with Gasteiger partial charge >= 0.3 is 0 Å². The van der Waals surface area contributed by atoms with Gasteiger partial charge in [0.15, 0.2) is 29.6 Å². The Morgan fingerprint density at radius 2 is 1.46 bits per heavy atom. The van der Waals surface area contributed by atoms with E-state index in [0.717, 1.165) is 27.5 Å². The minimum Gasteiger partial charge on any atom is -0.392 e. The molecule has 1 heterocycles. The molecule has 0 aromatic heterocycles. The Kier molecular flexibility index (Phi) is 10.3. The Bertz CT molecular complexity index is 2000. The van der Waals surface area contributed by atoms with E-state index in [0.29, 0.717) is 12.1 Å². The van der Waals surface area contributed by atoms with Crippen LogP contribution in [0.4, 0.5) is 27.6 Å². The van der Waals surface area contributed by atoms with E-state index in [1.54, 1.807) is 12.1 Å². The largest absolute Gasteiger partial charge is 0.392 e. The topological polar surface area (TPSA) is 71.0 Å². The molecular weight excluding hydrogens is 655 g/mol. The van der Waals surface area contributed by atoms with E-state index in [4.69, 9.17) is 9.47 Å². The third kappa shape index (κ3) is 6.99. The Morgan fingerprint density at radius 3 is 2.14 bits per heavy atom. The number of likely N-dealkylation sites (N-methyl/N-ethyl adjacent to an activating group) is 1. The maximum Gasteiger partial charge on any atom is 0.261 e. The van der Waals surface area contributed by atoms with Gasteiger partial charge in [0.25, 0.3) is 5.91 Å². The number of carbonyl (C=O) groups excluding carboxylic acids is 1. The number of amides is 1. The van der Waals surface area contributed by atoms with Crippen LogP contribution in [0.5, 0.6) is 0 Å². The molecule has 0 bridgehead atoms. The number of hydrogen-bond donors (Lipinski definition) is 2. The molecule has 6 nitrogen and oxygen atoms in total. The number of hydrogen-bond acceptors (Lipinski definition) is 5. The van der Waals surface area contributed by atoms with Gasteiger partial charge < -0.3 is 19.9 Å². The molecule has 50 heavy (non-hydrogen) atoms.